The third-order valence-electron chi connectivity index (χ3n) is 6.31. The number of aromatic amines is 1. The Hall–Kier alpha value is -2.97. The molecule has 1 fully saturated rings. The molecule has 9 nitrogen and oxygen atoms in total. The zero-order valence-corrected chi connectivity index (χ0v) is 19.4. The maximum atomic E-state index is 13.5. The fourth-order valence-corrected chi connectivity index (χ4v) is 4.31. The van der Waals surface area contributed by atoms with E-state index in [9.17, 15) is 19.2 Å². The van der Waals surface area contributed by atoms with Crippen LogP contribution in [0.15, 0.2) is 15.7 Å². The monoisotopic (exact) mass is 444 g/mol. The van der Waals surface area contributed by atoms with Crippen molar-refractivity contribution in [2.75, 3.05) is 7.11 Å². The molecule has 2 aromatic rings. The predicted molar refractivity (Wildman–Crippen MR) is 121 cm³/mol. The number of nitrogens with zero attached hydrogens (tertiary/aromatic N) is 2. The van der Waals surface area contributed by atoms with Crippen LogP contribution >= 0.6 is 0 Å². The predicted octanol–water partition coefficient (Wildman–Crippen LogP) is 2.47. The number of nitrogens with one attached hydrogen (secondary N) is 2. The molecule has 1 amide bonds. The van der Waals surface area contributed by atoms with E-state index in [0.29, 0.717) is 37.4 Å². The van der Waals surface area contributed by atoms with Crippen molar-refractivity contribution in [1.82, 2.24) is 19.9 Å². The van der Waals surface area contributed by atoms with Gasteiger partial charge in [-0.3, -0.25) is 19.1 Å². The Balaban J connectivity index is 2.19. The minimum Gasteiger partial charge on any atom is -0.467 e. The molecule has 174 valence electrons. The average molecular weight is 445 g/mol. The summed E-state index contributed by atoms with van der Waals surface area (Å²) >= 11 is 0. The minimum atomic E-state index is -1.14. The number of pyridine rings is 1. The molecule has 2 heterocycles. The molecule has 0 aromatic carbocycles. The summed E-state index contributed by atoms with van der Waals surface area (Å²) < 4.78 is 6.41. The summed E-state index contributed by atoms with van der Waals surface area (Å²) in [5.41, 5.74) is -1.50. The lowest BCUT2D eigenvalue weighted by Crippen LogP contribution is -2.57. The van der Waals surface area contributed by atoms with Crippen LogP contribution < -0.4 is 16.6 Å². The quantitative estimate of drug-likeness (QED) is 0.660. The summed E-state index contributed by atoms with van der Waals surface area (Å²) in [7, 11) is 1.31. The number of carbonyl (C=O) groups excluding carboxylic acids is 2. The molecule has 0 saturated heterocycles. The maximum absolute atomic E-state index is 13.5. The van der Waals surface area contributed by atoms with E-state index in [0.717, 1.165) is 12.8 Å². The van der Waals surface area contributed by atoms with Gasteiger partial charge < -0.3 is 10.1 Å². The Morgan fingerprint density at radius 2 is 1.97 bits per heavy atom. The smallest absolute Gasteiger partial charge is 0.331 e. The Labute approximate surface area is 186 Å². The highest BCUT2D eigenvalue weighted by Gasteiger charge is 2.44. The van der Waals surface area contributed by atoms with Crippen molar-refractivity contribution in [2.24, 2.45) is 5.92 Å². The zero-order valence-electron chi connectivity index (χ0n) is 19.4. The van der Waals surface area contributed by atoms with Crippen molar-refractivity contribution >= 4 is 22.9 Å². The number of ether oxygens (including phenoxy) is 1. The topological polar surface area (TPSA) is 123 Å². The van der Waals surface area contributed by atoms with E-state index in [1.54, 1.807) is 6.07 Å². The third kappa shape index (κ3) is 4.33. The number of aryl methyl sites for hydroxylation is 1. The standard InChI is InChI=1S/C23H32N4O5/c1-6-11-27-18-17(20(29)25-22(27)31)15(12-16(24-18)13(2)3)19(28)26-23(21(30)32-5)9-7-14(4)8-10-23/h12-14H,6-11H2,1-5H3,(H,26,28)(H,25,29,31). The van der Waals surface area contributed by atoms with Crippen LogP contribution in [0.5, 0.6) is 0 Å². The highest BCUT2D eigenvalue weighted by molar-refractivity contribution is 6.07. The number of rotatable bonds is 6. The van der Waals surface area contributed by atoms with Gasteiger partial charge in [0.05, 0.1) is 18.1 Å². The number of amides is 1. The summed E-state index contributed by atoms with van der Waals surface area (Å²) in [6.45, 7) is 8.22. The normalized spacial score (nSPS) is 21.0. The lowest BCUT2D eigenvalue weighted by atomic mass is 9.77. The van der Waals surface area contributed by atoms with Crippen molar-refractivity contribution in [2.45, 2.75) is 77.8 Å². The van der Waals surface area contributed by atoms with Gasteiger partial charge in [-0.2, -0.15) is 0 Å². The number of aromatic nitrogens is 3. The molecule has 3 rings (SSSR count). The molecule has 9 heteroatoms. The zero-order chi connectivity index (χ0) is 23.6. The average Bonchev–Trinajstić information content (AvgIpc) is 2.76. The molecule has 32 heavy (non-hydrogen) atoms. The van der Waals surface area contributed by atoms with E-state index in [1.165, 1.54) is 11.7 Å². The van der Waals surface area contributed by atoms with Crippen LogP contribution in [0.2, 0.25) is 0 Å². The van der Waals surface area contributed by atoms with Crippen molar-refractivity contribution in [3.8, 4) is 0 Å². The summed E-state index contributed by atoms with van der Waals surface area (Å²) in [4.78, 5) is 58.3. The summed E-state index contributed by atoms with van der Waals surface area (Å²) in [5.74, 6) is -0.630. The second-order valence-corrected chi connectivity index (χ2v) is 9.07. The van der Waals surface area contributed by atoms with Gasteiger partial charge in [0.15, 0.2) is 5.65 Å². The first-order chi connectivity index (χ1) is 15.1. The van der Waals surface area contributed by atoms with Gasteiger partial charge in [0, 0.05) is 12.2 Å². The van der Waals surface area contributed by atoms with Gasteiger partial charge in [-0.1, -0.05) is 27.7 Å². The van der Waals surface area contributed by atoms with Crippen LogP contribution in [-0.2, 0) is 16.1 Å². The first-order valence-corrected chi connectivity index (χ1v) is 11.2. The molecular weight excluding hydrogens is 412 g/mol. The largest absolute Gasteiger partial charge is 0.467 e. The van der Waals surface area contributed by atoms with E-state index in [2.05, 4.69) is 22.2 Å². The number of esters is 1. The molecule has 1 saturated carbocycles. The van der Waals surface area contributed by atoms with Crippen molar-refractivity contribution in [3.05, 3.63) is 38.2 Å². The number of hydrogen-bond acceptors (Lipinski definition) is 6. The van der Waals surface area contributed by atoms with Crippen LogP contribution in [0.3, 0.4) is 0 Å². The van der Waals surface area contributed by atoms with E-state index in [4.69, 9.17) is 4.74 Å². The lowest BCUT2D eigenvalue weighted by Gasteiger charge is -2.37. The molecular formula is C23H32N4O5. The SMILES string of the molecule is CCCn1c(=O)[nH]c(=O)c2c(C(=O)NC3(C(=O)OC)CCC(C)CC3)cc(C(C)C)nc21. The Morgan fingerprint density at radius 3 is 2.53 bits per heavy atom. The molecule has 0 aliphatic heterocycles. The van der Waals surface area contributed by atoms with Gasteiger partial charge in [0.2, 0.25) is 0 Å². The molecule has 0 spiro atoms. The molecule has 0 bridgehead atoms. The Bertz CT molecular complexity index is 1140. The number of fused-ring (bicyclic) bond motifs is 1. The van der Waals surface area contributed by atoms with Gasteiger partial charge in [0.25, 0.3) is 11.5 Å². The number of hydrogen-bond donors (Lipinski definition) is 2. The highest BCUT2D eigenvalue weighted by Crippen LogP contribution is 2.33. The van der Waals surface area contributed by atoms with E-state index in [1.807, 2.05) is 20.8 Å². The summed E-state index contributed by atoms with van der Waals surface area (Å²) in [6.07, 6.45) is 3.13. The van der Waals surface area contributed by atoms with Gasteiger partial charge in [-0.05, 0) is 50.0 Å². The number of carbonyl (C=O) groups is 2. The highest BCUT2D eigenvalue weighted by atomic mass is 16.5. The fourth-order valence-electron chi connectivity index (χ4n) is 4.31. The van der Waals surface area contributed by atoms with Crippen LogP contribution in [0, 0.1) is 5.92 Å². The third-order valence-corrected chi connectivity index (χ3v) is 6.31. The van der Waals surface area contributed by atoms with Gasteiger partial charge in [-0.25, -0.2) is 14.6 Å². The molecule has 1 aliphatic rings. The molecule has 2 aromatic heterocycles. The summed E-state index contributed by atoms with van der Waals surface area (Å²) in [6, 6.07) is 1.58. The minimum absolute atomic E-state index is 0.0412. The molecule has 0 unspecified atom stereocenters. The van der Waals surface area contributed by atoms with E-state index < -0.39 is 28.7 Å². The lowest BCUT2D eigenvalue weighted by molar-refractivity contribution is -0.150. The number of methoxy groups -OCH3 is 1. The van der Waals surface area contributed by atoms with Gasteiger partial charge in [-0.15, -0.1) is 0 Å². The first-order valence-electron chi connectivity index (χ1n) is 11.2. The van der Waals surface area contributed by atoms with Crippen molar-refractivity contribution in [1.29, 1.82) is 0 Å². The van der Waals surface area contributed by atoms with Crippen LogP contribution in [0.25, 0.3) is 11.0 Å². The Morgan fingerprint density at radius 1 is 1.31 bits per heavy atom. The molecule has 2 N–H and O–H groups in total. The van der Waals surface area contributed by atoms with Gasteiger partial charge >= 0.3 is 11.7 Å². The summed E-state index contributed by atoms with van der Waals surface area (Å²) in [5, 5.41) is 2.94. The van der Waals surface area contributed by atoms with Crippen molar-refractivity contribution in [3.63, 3.8) is 0 Å². The van der Waals surface area contributed by atoms with Crippen LogP contribution in [-0.4, -0.2) is 39.1 Å². The molecule has 0 radical (unpaired) electrons. The Kier molecular flexibility index (Phi) is 6.85. The second-order valence-electron chi connectivity index (χ2n) is 9.07. The first kappa shape index (κ1) is 23.7. The van der Waals surface area contributed by atoms with Crippen LogP contribution in [0.1, 0.15) is 81.8 Å². The molecule has 0 atom stereocenters. The maximum Gasteiger partial charge on any atom is 0.331 e. The second kappa shape index (κ2) is 9.26. The number of H-pyrrole nitrogens is 1. The molecule has 1 aliphatic carbocycles. The fraction of sp³-hybridized carbons (Fsp3) is 0.609. The van der Waals surface area contributed by atoms with Gasteiger partial charge in [0.1, 0.15) is 5.54 Å². The van der Waals surface area contributed by atoms with E-state index in [-0.39, 0.29) is 22.5 Å². The van der Waals surface area contributed by atoms with Crippen LogP contribution in [0.4, 0.5) is 0 Å². The van der Waals surface area contributed by atoms with E-state index >= 15 is 0 Å². The van der Waals surface area contributed by atoms with Crippen molar-refractivity contribution < 1.29 is 14.3 Å².